The third kappa shape index (κ3) is 1.66. The zero-order chi connectivity index (χ0) is 8.43. The summed E-state index contributed by atoms with van der Waals surface area (Å²) in [5, 5.41) is 9.00. The molecular formula is C8H9FOS. The Kier molecular flexibility index (Phi) is 2.39. The Morgan fingerprint density at radius 2 is 2.09 bits per heavy atom. The fourth-order valence-corrected chi connectivity index (χ4v) is 1.49. The van der Waals surface area contributed by atoms with Gasteiger partial charge >= 0.3 is 0 Å². The summed E-state index contributed by atoms with van der Waals surface area (Å²) >= 11 is 1.42. The fourth-order valence-electron chi connectivity index (χ4n) is 0.852. The maximum Gasteiger partial charge on any atom is 0.130 e. The van der Waals surface area contributed by atoms with Crippen LogP contribution in [0, 0.1) is 12.7 Å². The summed E-state index contributed by atoms with van der Waals surface area (Å²) in [6.07, 6.45) is 1.85. The number of hydrogen-bond acceptors (Lipinski definition) is 2. The molecule has 0 saturated heterocycles. The predicted molar refractivity (Wildman–Crippen MR) is 44.6 cm³/mol. The van der Waals surface area contributed by atoms with Gasteiger partial charge in [-0.2, -0.15) is 0 Å². The lowest BCUT2D eigenvalue weighted by atomic mass is 10.2. The highest BCUT2D eigenvalue weighted by atomic mass is 32.2. The van der Waals surface area contributed by atoms with Gasteiger partial charge in [0, 0.05) is 11.0 Å². The molecular weight excluding hydrogens is 163 g/mol. The standard InChI is InChI=1S/C8H9FOS/c1-5-7(9)3-6(10)4-8(5)11-2/h3-4,10H,1-2H3. The minimum absolute atomic E-state index is 0.0162. The first kappa shape index (κ1) is 8.40. The summed E-state index contributed by atoms with van der Waals surface area (Å²) in [6.45, 7) is 1.70. The van der Waals surface area contributed by atoms with Crippen molar-refractivity contribution in [1.82, 2.24) is 0 Å². The normalized spacial score (nSPS) is 10.1. The second-order valence-electron chi connectivity index (χ2n) is 2.25. The molecule has 0 aliphatic rings. The summed E-state index contributed by atoms with van der Waals surface area (Å²) < 4.78 is 12.9. The minimum atomic E-state index is -0.352. The molecule has 1 rings (SSSR count). The third-order valence-electron chi connectivity index (χ3n) is 1.50. The Balaban J connectivity index is 3.24. The van der Waals surface area contributed by atoms with E-state index < -0.39 is 0 Å². The van der Waals surface area contributed by atoms with Crippen molar-refractivity contribution < 1.29 is 9.50 Å². The van der Waals surface area contributed by atoms with Crippen LogP contribution in [0.3, 0.4) is 0 Å². The van der Waals surface area contributed by atoms with Crippen molar-refractivity contribution in [3.05, 3.63) is 23.5 Å². The zero-order valence-electron chi connectivity index (χ0n) is 6.39. The maximum absolute atomic E-state index is 12.9. The lowest BCUT2D eigenvalue weighted by molar-refractivity contribution is 0.466. The summed E-state index contributed by atoms with van der Waals surface area (Å²) in [6, 6.07) is 2.68. The van der Waals surface area contributed by atoms with E-state index >= 15 is 0 Å². The Morgan fingerprint density at radius 1 is 1.45 bits per heavy atom. The van der Waals surface area contributed by atoms with Crippen LogP contribution in [0.2, 0.25) is 0 Å². The van der Waals surface area contributed by atoms with Gasteiger partial charge in [0.25, 0.3) is 0 Å². The molecule has 0 fully saturated rings. The molecule has 3 heteroatoms. The van der Waals surface area contributed by atoms with Crippen LogP contribution in [-0.4, -0.2) is 11.4 Å². The molecule has 0 aliphatic heterocycles. The monoisotopic (exact) mass is 172 g/mol. The highest BCUT2D eigenvalue weighted by Gasteiger charge is 2.04. The molecule has 0 atom stereocenters. The Morgan fingerprint density at radius 3 is 2.64 bits per heavy atom. The largest absolute Gasteiger partial charge is 0.508 e. The summed E-state index contributed by atoms with van der Waals surface area (Å²) in [5.41, 5.74) is 0.593. The number of halogens is 1. The number of phenolic OH excluding ortho intramolecular Hbond substituents is 1. The molecule has 1 N–H and O–H groups in total. The quantitative estimate of drug-likeness (QED) is 0.657. The van der Waals surface area contributed by atoms with Crippen LogP contribution in [0.4, 0.5) is 4.39 Å². The summed E-state index contributed by atoms with van der Waals surface area (Å²) in [7, 11) is 0. The molecule has 1 aromatic carbocycles. The van der Waals surface area contributed by atoms with Gasteiger partial charge in [0.05, 0.1) is 0 Å². The zero-order valence-corrected chi connectivity index (χ0v) is 7.20. The van der Waals surface area contributed by atoms with Crippen molar-refractivity contribution in [2.45, 2.75) is 11.8 Å². The second-order valence-corrected chi connectivity index (χ2v) is 3.10. The first-order valence-corrected chi connectivity index (χ1v) is 4.40. The highest BCUT2D eigenvalue weighted by molar-refractivity contribution is 7.98. The van der Waals surface area contributed by atoms with E-state index in [0.717, 1.165) is 11.0 Å². The van der Waals surface area contributed by atoms with E-state index in [1.54, 1.807) is 13.0 Å². The first-order chi connectivity index (χ1) is 5.15. The van der Waals surface area contributed by atoms with Gasteiger partial charge < -0.3 is 5.11 Å². The van der Waals surface area contributed by atoms with Gasteiger partial charge in [0.15, 0.2) is 0 Å². The molecule has 0 amide bonds. The molecule has 60 valence electrons. The first-order valence-electron chi connectivity index (χ1n) is 3.18. The summed E-state index contributed by atoms with van der Waals surface area (Å²) in [4.78, 5) is 0.780. The Labute approximate surface area is 69.2 Å². The van der Waals surface area contributed by atoms with Gasteiger partial charge in [-0.1, -0.05) is 0 Å². The van der Waals surface area contributed by atoms with Crippen LogP contribution in [-0.2, 0) is 0 Å². The van der Waals surface area contributed by atoms with E-state index in [1.165, 1.54) is 11.8 Å². The van der Waals surface area contributed by atoms with Gasteiger partial charge in [-0.15, -0.1) is 11.8 Å². The fraction of sp³-hybridized carbons (Fsp3) is 0.250. The molecule has 0 aromatic heterocycles. The van der Waals surface area contributed by atoms with E-state index in [0.29, 0.717) is 5.56 Å². The average molecular weight is 172 g/mol. The number of hydrogen-bond donors (Lipinski definition) is 1. The smallest absolute Gasteiger partial charge is 0.130 e. The second kappa shape index (κ2) is 3.13. The molecule has 0 unspecified atom stereocenters. The van der Waals surface area contributed by atoms with Gasteiger partial charge in [0.1, 0.15) is 11.6 Å². The Hall–Kier alpha value is -0.700. The van der Waals surface area contributed by atoms with Crippen LogP contribution in [0.1, 0.15) is 5.56 Å². The summed E-state index contributed by atoms with van der Waals surface area (Å²) in [5.74, 6) is -0.369. The van der Waals surface area contributed by atoms with Gasteiger partial charge in [0.2, 0.25) is 0 Å². The lowest BCUT2D eigenvalue weighted by Crippen LogP contribution is -1.84. The van der Waals surface area contributed by atoms with Crippen molar-refractivity contribution in [2.24, 2.45) is 0 Å². The predicted octanol–water partition coefficient (Wildman–Crippen LogP) is 2.56. The minimum Gasteiger partial charge on any atom is -0.508 e. The molecule has 0 heterocycles. The van der Waals surface area contributed by atoms with Crippen molar-refractivity contribution in [2.75, 3.05) is 6.26 Å². The van der Waals surface area contributed by atoms with Crippen LogP contribution in [0.15, 0.2) is 17.0 Å². The topological polar surface area (TPSA) is 20.2 Å². The van der Waals surface area contributed by atoms with Gasteiger partial charge in [-0.3, -0.25) is 0 Å². The molecule has 0 radical (unpaired) electrons. The van der Waals surface area contributed by atoms with Crippen molar-refractivity contribution in [1.29, 1.82) is 0 Å². The van der Waals surface area contributed by atoms with Crippen LogP contribution < -0.4 is 0 Å². The van der Waals surface area contributed by atoms with Crippen molar-refractivity contribution in [3.8, 4) is 5.75 Å². The highest BCUT2D eigenvalue weighted by Crippen LogP contribution is 2.26. The number of thioether (sulfide) groups is 1. The van der Waals surface area contributed by atoms with Crippen LogP contribution >= 0.6 is 11.8 Å². The lowest BCUT2D eigenvalue weighted by Gasteiger charge is -2.03. The third-order valence-corrected chi connectivity index (χ3v) is 2.37. The average Bonchev–Trinajstić information content (AvgIpc) is 1.96. The molecule has 1 aromatic rings. The molecule has 0 aliphatic carbocycles. The SMILES string of the molecule is CSc1cc(O)cc(F)c1C. The molecule has 1 nitrogen and oxygen atoms in total. The van der Waals surface area contributed by atoms with Crippen molar-refractivity contribution >= 4 is 11.8 Å². The van der Waals surface area contributed by atoms with E-state index in [4.69, 9.17) is 5.11 Å². The van der Waals surface area contributed by atoms with E-state index in [-0.39, 0.29) is 11.6 Å². The number of aromatic hydroxyl groups is 1. The van der Waals surface area contributed by atoms with E-state index in [9.17, 15) is 4.39 Å². The molecule has 11 heavy (non-hydrogen) atoms. The van der Waals surface area contributed by atoms with E-state index in [1.807, 2.05) is 6.26 Å². The maximum atomic E-state index is 12.9. The van der Waals surface area contributed by atoms with E-state index in [2.05, 4.69) is 0 Å². The number of phenols is 1. The van der Waals surface area contributed by atoms with Crippen molar-refractivity contribution in [3.63, 3.8) is 0 Å². The molecule has 0 bridgehead atoms. The molecule has 0 spiro atoms. The van der Waals surface area contributed by atoms with Gasteiger partial charge in [-0.05, 0) is 24.8 Å². The molecule has 0 saturated carbocycles. The van der Waals surface area contributed by atoms with Gasteiger partial charge in [-0.25, -0.2) is 4.39 Å². The Bertz CT molecular complexity index is 273. The number of benzene rings is 1. The number of rotatable bonds is 1. The van der Waals surface area contributed by atoms with Crippen LogP contribution in [0.25, 0.3) is 0 Å². The van der Waals surface area contributed by atoms with Crippen LogP contribution in [0.5, 0.6) is 5.75 Å².